The van der Waals surface area contributed by atoms with Gasteiger partial charge >= 0.3 is 6.09 Å². The summed E-state index contributed by atoms with van der Waals surface area (Å²) < 4.78 is 6.68. The van der Waals surface area contributed by atoms with Gasteiger partial charge in [-0.2, -0.15) is 0 Å². The molecule has 10 heteroatoms. The first-order chi connectivity index (χ1) is 16.6. The second-order valence-corrected chi connectivity index (χ2v) is 10.2. The van der Waals surface area contributed by atoms with Crippen LogP contribution in [-0.4, -0.2) is 69.9 Å². The van der Waals surface area contributed by atoms with Gasteiger partial charge < -0.3 is 14.5 Å². The van der Waals surface area contributed by atoms with Crippen molar-refractivity contribution in [2.45, 2.75) is 30.8 Å². The number of piperazine rings is 1. The second-order valence-electron chi connectivity index (χ2n) is 8.37. The summed E-state index contributed by atoms with van der Waals surface area (Å²) in [6.07, 6.45) is 1.89. The van der Waals surface area contributed by atoms with Crippen LogP contribution in [0.5, 0.6) is 0 Å². The Bertz CT molecular complexity index is 1260. The Kier molecular flexibility index (Phi) is 6.60. The predicted molar refractivity (Wildman–Crippen MR) is 133 cm³/mol. The molecule has 178 valence electrons. The quantitative estimate of drug-likeness (QED) is 0.381. The first kappa shape index (κ1) is 22.9. The molecule has 0 radical (unpaired) electrons. The van der Waals surface area contributed by atoms with Crippen molar-refractivity contribution in [3.05, 3.63) is 51.6 Å². The summed E-state index contributed by atoms with van der Waals surface area (Å²) in [7, 11) is 0. The predicted octanol–water partition coefficient (Wildman–Crippen LogP) is 3.72. The number of thioether (sulfide) groups is 1. The lowest BCUT2D eigenvalue weighted by molar-refractivity contribution is -0.129. The van der Waals surface area contributed by atoms with E-state index in [4.69, 9.17) is 9.72 Å². The van der Waals surface area contributed by atoms with E-state index in [9.17, 15) is 14.4 Å². The zero-order valence-corrected chi connectivity index (χ0v) is 20.6. The van der Waals surface area contributed by atoms with Crippen LogP contribution < -0.4 is 5.56 Å². The van der Waals surface area contributed by atoms with E-state index < -0.39 is 0 Å². The smallest absolute Gasteiger partial charge is 0.409 e. The first-order valence-corrected chi connectivity index (χ1v) is 13.3. The number of ether oxygens (including phenoxy) is 1. The molecule has 1 aliphatic heterocycles. The number of thiophene rings is 1. The van der Waals surface area contributed by atoms with E-state index >= 15 is 0 Å². The average Bonchev–Trinajstić information content (AvgIpc) is 3.62. The molecule has 2 amide bonds. The van der Waals surface area contributed by atoms with Gasteiger partial charge in [0.25, 0.3) is 5.56 Å². The monoisotopic (exact) mass is 498 g/mol. The van der Waals surface area contributed by atoms with Crippen LogP contribution in [0.3, 0.4) is 0 Å². The molecule has 1 aromatic carbocycles. The molecule has 0 bridgehead atoms. The summed E-state index contributed by atoms with van der Waals surface area (Å²) in [6, 6.07) is 9.47. The number of carbonyl (C=O) groups is 2. The highest BCUT2D eigenvalue weighted by molar-refractivity contribution is 7.99. The fourth-order valence-corrected chi connectivity index (χ4v) is 6.14. The molecule has 0 N–H and O–H groups in total. The van der Waals surface area contributed by atoms with E-state index in [1.807, 2.05) is 30.3 Å². The molecule has 0 spiro atoms. The summed E-state index contributed by atoms with van der Waals surface area (Å²) in [6.45, 7) is 3.94. The van der Waals surface area contributed by atoms with Gasteiger partial charge in [-0.1, -0.05) is 30.0 Å². The Balaban J connectivity index is 1.36. The van der Waals surface area contributed by atoms with Crippen molar-refractivity contribution in [1.82, 2.24) is 19.4 Å². The van der Waals surface area contributed by atoms with Crippen LogP contribution in [0.4, 0.5) is 4.79 Å². The molecular weight excluding hydrogens is 472 g/mol. The number of amides is 2. The minimum absolute atomic E-state index is 0.0349. The minimum atomic E-state index is -0.338. The van der Waals surface area contributed by atoms with Gasteiger partial charge in [0.05, 0.1) is 23.4 Å². The standard InChI is InChI=1S/C24H26N4O4S2/c1-2-32-24(31)27-12-10-26(11-13-27)19(29)15-34-23-25-21-20(18(14-33-21)16-8-9-16)22(30)28(23)17-6-4-3-5-7-17/h3-7,14,16H,2,8-13,15H2,1H3. The van der Waals surface area contributed by atoms with Crippen molar-refractivity contribution < 1.29 is 14.3 Å². The average molecular weight is 499 g/mol. The number of hydrogen-bond acceptors (Lipinski definition) is 7. The van der Waals surface area contributed by atoms with Gasteiger partial charge in [-0.3, -0.25) is 14.2 Å². The van der Waals surface area contributed by atoms with Gasteiger partial charge in [0.1, 0.15) is 4.83 Å². The Morgan fingerprint density at radius 3 is 2.50 bits per heavy atom. The molecule has 2 aliphatic rings. The van der Waals surface area contributed by atoms with Crippen LogP contribution in [0.25, 0.3) is 15.9 Å². The summed E-state index contributed by atoms with van der Waals surface area (Å²) in [5, 5.41) is 3.29. The largest absolute Gasteiger partial charge is 0.450 e. The van der Waals surface area contributed by atoms with Gasteiger partial charge in [-0.25, -0.2) is 9.78 Å². The molecule has 8 nitrogen and oxygen atoms in total. The van der Waals surface area contributed by atoms with Crippen molar-refractivity contribution in [3.63, 3.8) is 0 Å². The van der Waals surface area contributed by atoms with Gasteiger partial charge in [-0.15, -0.1) is 11.3 Å². The number of para-hydroxylation sites is 1. The molecule has 2 fully saturated rings. The highest BCUT2D eigenvalue weighted by Crippen LogP contribution is 2.44. The van der Waals surface area contributed by atoms with Crippen molar-refractivity contribution >= 4 is 45.3 Å². The molecule has 0 unspecified atom stereocenters. The van der Waals surface area contributed by atoms with Crippen molar-refractivity contribution in [2.24, 2.45) is 0 Å². The number of nitrogens with zero attached hydrogens (tertiary/aromatic N) is 4. The maximum atomic E-state index is 13.6. The summed E-state index contributed by atoms with van der Waals surface area (Å²) in [5.74, 6) is 0.596. The molecule has 2 aromatic heterocycles. The van der Waals surface area contributed by atoms with E-state index in [0.717, 1.165) is 28.9 Å². The topological polar surface area (TPSA) is 84.7 Å². The molecule has 0 atom stereocenters. The highest BCUT2D eigenvalue weighted by Gasteiger charge is 2.30. The Labute approximate surface area is 205 Å². The SMILES string of the molecule is CCOC(=O)N1CCN(C(=O)CSc2nc3scc(C4CC4)c3c(=O)n2-c2ccccc2)CC1. The number of aromatic nitrogens is 2. The van der Waals surface area contributed by atoms with Gasteiger partial charge in [0, 0.05) is 26.2 Å². The zero-order valence-electron chi connectivity index (χ0n) is 18.9. The first-order valence-electron chi connectivity index (χ1n) is 11.5. The summed E-state index contributed by atoms with van der Waals surface area (Å²) in [5.41, 5.74) is 1.78. The van der Waals surface area contributed by atoms with Crippen molar-refractivity contribution in [1.29, 1.82) is 0 Å². The Morgan fingerprint density at radius 2 is 1.82 bits per heavy atom. The van der Waals surface area contributed by atoms with Crippen LogP contribution in [0.2, 0.25) is 0 Å². The number of rotatable bonds is 6. The van der Waals surface area contributed by atoms with E-state index in [0.29, 0.717) is 49.2 Å². The van der Waals surface area contributed by atoms with Crippen LogP contribution in [0, 0.1) is 0 Å². The fourth-order valence-electron chi connectivity index (χ4n) is 4.16. The summed E-state index contributed by atoms with van der Waals surface area (Å²) in [4.78, 5) is 47.4. The van der Waals surface area contributed by atoms with Gasteiger partial charge in [0.2, 0.25) is 5.91 Å². The zero-order chi connectivity index (χ0) is 23.7. The lowest BCUT2D eigenvalue weighted by atomic mass is 10.1. The van der Waals surface area contributed by atoms with Gasteiger partial charge in [-0.05, 0) is 48.8 Å². The van der Waals surface area contributed by atoms with E-state index in [1.54, 1.807) is 21.3 Å². The third-order valence-electron chi connectivity index (χ3n) is 6.12. The third kappa shape index (κ3) is 4.56. The third-order valence-corrected chi connectivity index (χ3v) is 7.93. The second kappa shape index (κ2) is 9.79. The number of hydrogen-bond donors (Lipinski definition) is 0. The van der Waals surface area contributed by atoms with Crippen molar-refractivity contribution in [3.8, 4) is 5.69 Å². The highest BCUT2D eigenvalue weighted by atomic mass is 32.2. The molecule has 1 saturated carbocycles. The minimum Gasteiger partial charge on any atom is -0.450 e. The molecule has 3 heterocycles. The summed E-state index contributed by atoms with van der Waals surface area (Å²) >= 11 is 2.78. The molecule has 1 saturated heterocycles. The number of fused-ring (bicyclic) bond motifs is 1. The van der Waals surface area contributed by atoms with Crippen molar-refractivity contribution in [2.75, 3.05) is 38.5 Å². The fraction of sp³-hybridized carbons (Fsp3) is 0.417. The molecule has 3 aromatic rings. The maximum Gasteiger partial charge on any atom is 0.409 e. The van der Waals surface area contributed by atoms with E-state index in [-0.39, 0.29) is 23.3 Å². The van der Waals surface area contributed by atoms with Gasteiger partial charge in [0.15, 0.2) is 5.16 Å². The maximum absolute atomic E-state index is 13.6. The van der Waals surface area contributed by atoms with Crippen LogP contribution in [0.1, 0.15) is 31.2 Å². The van der Waals surface area contributed by atoms with Crippen LogP contribution >= 0.6 is 23.1 Å². The number of benzene rings is 1. The lowest BCUT2D eigenvalue weighted by Gasteiger charge is -2.34. The molecule has 1 aliphatic carbocycles. The van der Waals surface area contributed by atoms with Crippen LogP contribution in [-0.2, 0) is 9.53 Å². The Hall–Kier alpha value is -2.85. The van der Waals surface area contributed by atoms with Crippen LogP contribution in [0.15, 0.2) is 45.7 Å². The Morgan fingerprint density at radius 1 is 1.12 bits per heavy atom. The molecular formula is C24H26N4O4S2. The number of carbonyl (C=O) groups excluding carboxylic acids is 2. The van der Waals surface area contributed by atoms with E-state index in [1.165, 1.54) is 23.1 Å². The normalized spacial score (nSPS) is 16.1. The van der Waals surface area contributed by atoms with E-state index in [2.05, 4.69) is 5.38 Å². The molecule has 5 rings (SSSR count). The molecule has 34 heavy (non-hydrogen) atoms. The lowest BCUT2D eigenvalue weighted by Crippen LogP contribution is -2.51.